The van der Waals surface area contributed by atoms with Gasteiger partial charge in [-0.15, -0.1) is 0 Å². The van der Waals surface area contributed by atoms with Gasteiger partial charge in [-0.3, -0.25) is 0 Å². The Kier molecular flexibility index (Phi) is 5.04. The van der Waals surface area contributed by atoms with Crippen LogP contribution < -0.4 is 5.32 Å². The van der Waals surface area contributed by atoms with E-state index < -0.39 is 0 Å². The zero-order valence-corrected chi connectivity index (χ0v) is 15.0. The van der Waals surface area contributed by atoms with Crippen LogP contribution in [-0.4, -0.2) is 53.1 Å². The summed E-state index contributed by atoms with van der Waals surface area (Å²) in [5.41, 5.74) is 2.29. The molecule has 2 saturated heterocycles. The van der Waals surface area contributed by atoms with E-state index in [4.69, 9.17) is 4.74 Å². The Hall–Kier alpha value is -1.85. The summed E-state index contributed by atoms with van der Waals surface area (Å²) in [6, 6.07) is 11.0. The lowest BCUT2D eigenvalue weighted by molar-refractivity contribution is 0.0563. The number of nitrogens with one attached hydrogen (secondary N) is 1. The molecule has 25 heavy (non-hydrogen) atoms. The van der Waals surface area contributed by atoms with Crippen molar-refractivity contribution in [2.24, 2.45) is 5.92 Å². The van der Waals surface area contributed by atoms with Gasteiger partial charge in [0.25, 0.3) is 0 Å². The third-order valence-electron chi connectivity index (χ3n) is 5.46. The van der Waals surface area contributed by atoms with Crippen LogP contribution in [0.3, 0.4) is 0 Å². The van der Waals surface area contributed by atoms with E-state index in [1.807, 2.05) is 16.9 Å². The molecule has 2 aliphatic rings. The first-order chi connectivity index (χ1) is 12.3. The summed E-state index contributed by atoms with van der Waals surface area (Å²) in [5.74, 6) is 0.640. The number of hydrogen-bond donors (Lipinski definition) is 1. The number of rotatable bonds is 5. The third kappa shape index (κ3) is 4.05. The van der Waals surface area contributed by atoms with Crippen LogP contribution in [0.25, 0.3) is 5.69 Å². The summed E-state index contributed by atoms with van der Waals surface area (Å²) in [5, 5.41) is 8.00. The van der Waals surface area contributed by atoms with E-state index in [-0.39, 0.29) is 0 Å². The minimum absolute atomic E-state index is 0.464. The van der Waals surface area contributed by atoms with Crippen LogP contribution in [0.2, 0.25) is 0 Å². The van der Waals surface area contributed by atoms with Crippen LogP contribution in [0.15, 0.2) is 42.7 Å². The van der Waals surface area contributed by atoms with E-state index in [0.717, 1.165) is 31.9 Å². The summed E-state index contributed by atoms with van der Waals surface area (Å²) in [4.78, 5) is 2.58. The standard InChI is InChI=1S/C20H28N4O/c1-16-14-23(15-19-4-2-13-25-19)12-9-20(16)22-17-5-7-18(8-6-17)24-11-3-10-21-24/h3,5-8,10-11,16,19-20,22H,2,4,9,12-15H2,1H3/t16-,19+,20+/m1/s1. The van der Waals surface area contributed by atoms with E-state index in [0.29, 0.717) is 18.1 Å². The summed E-state index contributed by atoms with van der Waals surface area (Å²) in [6.45, 7) is 6.73. The molecule has 0 amide bonds. The summed E-state index contributed by atoms with van der Waals surface area (Å²) >= 11 is 0. The minimum atomic E-state index is 0.464. The Labute approximate surface area is 150 Å². The fraction of sp³-hybridized carbons (Fsp3) is 0.550. The molecule has 5 nitrogen and oxygen atoms in total. The number of nitrogens with zero attached hydrogens (tertiary/aromatic N) is 3. The molecule has 0 bridgehead atoms. The van der Waals surface area contributed by atoms with E-state index in [1.54, 1.807) is 6.20 Å². The van der Waals surface area contributed by atoms with Crippen molar-refractivity contribution in [2.75, 3.05) is 31.6 Å². The highest BCUT2D eigenvalue weighted by molar-refractivity contribution is 5.49. The first-order valence-corrected chi connectivity index (χ1v) is 9.48. The fourth-order valence-electron chi connectivity index (χ4n) is 4.03. The number of piperidine rings is 1. The Morgan fingerprint density at radius 3 is 2.80 bits per heavy atom. The molecule has 1 aromatic heterocycles. The molecule has 0 unspecified atom stereocenters. The first-order valence-electron chi connectivity index (χ1n) is 9.48. The van der Waals surface area contributed by atoms with Crippen molar-refractivity contribution < 1.29 is 4.74 Å². The Bertz CT molecular complexity index is 649. The first kappa shape index (κ1) is 16.6. The van der Waals surface area contributed by atoms with Crippen molar-refractivity contribution in [3.63, 3.8) is 0 Å². The highest BCUT2D eigenvalue weighted by Gasteiger charge is 2.28. The van der Waals surface area contributed by atoms with Crippen LogP contribution in [-0.2, 0) is 4.74 Å². The van der Waals surface area contributed by atoms with Crippen LogP contribution in [0, 0.1) is 5.92 Å². The van der Waals surface area contributed by atoms with Crippen LogP contribution >= 0.6 is 0 Å². The highest BCUT2D eigenvalue weighted by atomic mass is 16.5. The zero-order valence-electron chi connectivity index (χ0n) is 15.0. The maximum absolute atomic E-state index is 5.79. The van der Waals surface area contributed by atoms with Gasteiger partial charge in [-0.1, -0.05) is 6.92 Å². The molecule has 0 spiro atoms. The Morgan fingerprint density at radius 2 is 2.12 bits per heavy atom. The van der Waals surface area contributed by atoms with Crippen molar-refractivity contribution in [2.45, 2.75) is 38.3 Å². The molecule has 0 aliphatic carbocycles. The lowest BCUT2D eigenvalue weighted by Gasteiger charge is -2.38. The molecule has 0 saturated carbocycles. The van der Waals surface area contributed by atoms with Crippen LogP contribution in [0.4, 0.5) is 5.69 Å². The molecule has 0 radical (unpaired) electrons. The number of hydrogen-bond acceptors (Lipinski definition) is 4. The van der Waals surface area contributed by atoms with Gasteiger partial charge in [-0.25, -0.2) is 4.68 Å². The van der Waals surface area contributed by atoms with Gasteiger partial charge in [-0.05, 0) is 55.5 Å². The third-order valence-corrected chi connectivity index (χ3v) is 5.46. The van der Waals surface area contributed by atoms with Crippen LogP contribution in [0.5, 0.6) is 0 Å². The van der Waals surface area contributed by atoms with E-state index in [1.165, 1.54) is 24.9 Å². The molecular formula is C20H28N4O. The monoisotopic (exact) mass is 340 g/mol. The molecule has 2 aromatic rings. The lowest BCUT2D eigenvalue weighted by atomic mass is 9.93. The quantitative estimate of drug-likeness (QED) is 0.908. The summed E-state index contributed by atoms with van der Waals surface area (Å²) < 4.78 is 7.68. The predicted molar refractivity (Wildman–Crippen MR) is 100 cm³/mol. The van der Waals surface area contributed by atoms with Gasteiger partial charge < -0.3 is 15.0 Å². The van der Waals surface area contributed by atoms with E-state index >= 15 is 0 Å². The maximum Gasteiger partial charge on any atom is 0.0702 e. The molecule has 1 N–H and O–H groups in total. The van der Waals surface area contributed by atoms with Gasteiger partial charge in [-0.2, -0.15) is 5.10 Å². The SMILES string of the molecule is C[C@@H]1CN(C[C@@H]2CCCO2)CC[C@@H]1Nc1ccc(-n2cccn2)cc1. The zero-order chi connectivity index (χ0) is 17.1. The van der Waals surface area contributed by atoms with Gasteiger partial charge in [0.15, 0.2) is 0 Å². The molecule has 2 fully saturated rings. The van der Waals surface area contributed by atoms with Gasteiger partial charge in [0.1, 0.15) is 0 Å². The number of likely N-dealkylation sites (tertiary alicyclic amines) is 1. The second-order valence-electron chi connectivity index (χ2n) is 7.41. The number of ether oxygens (including phenoxy) is 1. The minimum Gasteiger partial charge on any atom is -0.382 e. The number of aromatic nitrogens is 2. The summed E-state index contributed by atoms with van der Waals surface area (Å²) in [6.07, 6.45) is 7.88. The van der Waals surface area contributed by atoms with Gasteiger partial charge >= 0.3 is 0 Å². The van der Waals surface area contributed by atoms with Gasteiger partial charge in [0.05, 0.1) is 11.8 Å². The van der Waals surface area contributed by atoms with Crippen molar-refractivity contribution in [3.8, 4) is 5.69 Å². The van der Waals surface area contributed by atoms with Crippen molar-refractivity contribution in [1.82, 2.24) is 14.7 Å². The van der Waals surface area contributed by atoms with E-state index in [9.17, 15) is 0 Å². The van der Waals surface area contributed by atoms with Gasteiger partial charge in [0.2, 0.25) is 0 Å². The second kappa shape index (κ2) is 7.58. The molecule has 4 rings (SSSR count). The topological polar surface area (TPSA) is 42.3 Å². The molecule has 2 aliphatic heterocycles. The van der Waals surface area contributed by atoms with Crippen LogP contribution in [0.1, 0.15) is 26.2 Å². The summed E-state index contributed by atoms with van der Waals surface area (Å²) in [7, 11) is 0. The molecule has 3 heterocycles. The largest absolute Gasteiger partial charge is 0.382 e. The second-order valence-corrected chi connectivity index (χ2v) is 7.41. The number of benzene rings is 1. The average molecular weight is 340 g/mol. The highest BCUT2D eigenvalue weighted by Crippen LogP contribution is 2.23. The lowest BCUT2D eigenvalue weighted by Crippen LogP contribution is -2.47. The normalized spacial score (nSPS) is 27.5. The smallest absolute Gasteiger partial charge is 0.0702 e. The van der Waals surface area contributed by atoms with Crippen molar-refractivity contribution in [3.05, 3.63) is 42.7 Å². The molecule has 134 valence electrons. The molecule has 3 atom stereocenters. The predicted octanol–water partition coefficient (Wildman–Crippen LogP) is 3.17. The fourth-order valence-corrected chi connectivity index (χ4v) is 4.03. The van der Waals surface area contributed by atoms with Crippen molar-refractivity contribution in [1.29, 1.82) is 0 Å². The molecular weight excluding hydrogens is 312 g/mol. The molecule has 1 aromatic carbocycles. The van der Waals surface area contributed by atoms with Gasteiger partial charge in [0, 0.05) is 50.4 Å². The molecule has 5 heteroatoms. The van der Waals surface area contributed by atoms with E-state index in [2.05, 4.69) is 46.5 Å². The maximum atomic E-state index is 5.79. The number of anilines is 1. The van der Waals surface area contributed by atoms with Crippen molar-refractivity contribution >= 4 is 5.69 Å². The Balaban J connectivity index is 1.31. The Morgan fingerprint density at radius 1 is 1.24 bits per heavy atom. The average Bonchev–Trinajstić information content (AvgIpc) is 3.32.